The maximum atomic E-state index is 13.6. The van der Waals surface area contributed by atoms with E-state index in [-0.39, 0.29) is 16.9 Å². The topological polar surface area (TPSA) is 79.7 Å². The van der Waals surface area contributed by atoms with Crippen molar-refractivity contribution in [3.05, 3.63) is 57.7 Å². The number of carbonyl (C=O) groups excluding carboxylic acids is 2. The Labute approximate surface area is 164 Å². The fourth-order valence-corrected chi connectivity index (χ4v) is 4.22. The number of thiophene rings is 1. The molecule has 8 heteroatoms. The van der Waals surface area contributed by atoms with Gasteiger partial charge in [-0.1, -0.05) is 0 Å². The Kier molecular flexibility index (Phi) is 4.72. The van der Waals surface area contributed by atoms with Gasteiger partial charge in [-0.05, 0) is 48.6 Å². The van der Waals surface area contributed by atoms with Gasteiger partial charge in [-0.2, -0.15) is 0 Å². The molecule has 1 aromatic carbocycles. The zero-order valence-electron chi connectivity index (χ0n) is 15.0. The Morgan fingerprint density at radius 3 is 3.00 bits per heavy atom. The molecular weight excluding hydrogens is 383 g/mol. The molecule has 3 aromatic rings. The molecule has 0 saturated heterocycles. The van der Waals surface area contributed by atoms with Crippen LogP contribution in [0.5, 0.6) is 5.75 Å². The van der Waals surface area contributed by atoms with Crippen molar-refractivity contribution in [2.45, 2.75) is 26.0 Å². The first-order chi connectivity index (χ1) is 13.4. The normalized spacial score (nSPS) is 14.6. The Morgan fingerprint density at radius 1 is 1.36 bits per heavy atom. The van der Waals surface area contributed by atoms with Crippen LogP contribution in [0.4, 0.5) is 4.39 Å². The van der Waals surface area contributed by atoms with Gasteiger partial charge in [0.1, 0.15) is 17.1 Å². The summed E-state index contributed by atoms with van der Waals surface area (Å²) in [5.74, 6) is -2.21. The summed E-state index contributed by atoms with van der Waals surface area (Å²) in [6, 6.07) is 5.71. The molecule has 0 radical (unpaired) electrons. The van der Waals surface area contributed by atoms with Crippen LogP contribution >= 0.6 is 11.3 Å². The summed E-state index contributed by atoms with van der Waals surface area (Å²) >= 11 is 1.67. The van der Waals surface area contributed by atoms with Crippen molar-refractivity contribution < 1.29 is 23.8 Å². The lowest BCUT2D eigenvalue weighted by atomic mass is 10.1. The number of esters is 1. The number of hydrogen-bond acceptors (Lipinski definition) is 6. The van der Waals surface area contributed by atoms with Gasteiger partial charge in [-0.3, -0.25) is 9.78 Å². The van der Waals surface area contributed by atoms with Crippen molar-refractivity contribution in [2.75, 3.05) is 6.54 Å². The highest BCUT2D eigenvalue weighted by molar-refractivity contribution is 7.10. The van der Waals surface area contributed by atoms with E-state index in [2.05, 4.69) is 4.98 Å². The molecule has 1 amide bonds. The van der Waals surface area contributed by atoms with Crippen molar-refractivity contribution in [2.24, 2.45) is 0 Å². The monoisotopic (exact) mass is 400 g/mol. The molecule has 1 aliphatic heterocycles. The molecule has 1 N–H and O–H groups in total. The lowest BCUT2D eigenvalue weighted by Gasteiger charge is -2.29. The van der Waals surface area contributed by atoms with Crippen molar-refractivity contribution in [1.29, 1.82) is 0 Å². The van der Waals surface area contributed by atoms with Gasteiger partial charge in [0.25, 0.3) is 5.91 Å². The summed E-state index contributed by atoms with van der Waals surface area (Å²) < 4.78 is 18.9. The molecule has 144 valence electrons. The van der Waals surface area contributed by atoms with Gasteiger partial charge in [-0.25, -0.2) is 9.18 Å². The van der Waals surface area contributed by atoms with Crippen LogP contribution in [0.2, 0.25) is 0 Å². The second-order valence-corrected chi connectivity index (χ2v) is 7.61. The highest BCUT2D eigenvalue weighted by Crippen LogP contribution is 2.28. The van der Waals surface area contributed by atoms with Gasteiger partial charge in [0.15, 0.2) is 6.10 Å². The summed E-state index contributed by atoms with van der Waals surface area (Å²) in [6.45, 7) is 2.53. The second-order valence-electron chi connectivity index (χ2n) is 6.61. The molecular formula is C20H17FN2O4S. The number of ether oxygens (including phenoxy) is 1. The second kappa shape index (κ2) is 7.20. The van der Waals surface area contributed by atoms with Crippen LogP contribution in [0.15, 0.2) is 35.8 Å². The van der Waals surface area contributed by atoms with E-state index in [4.69, 9.17) is 4.74 Å². The first-order valence-electron chi connectivity index (χ1n) is 8.76. The average molecular weight is 400 g/mol. The number of nitrogens with zero attached hydrogens (tertiary/aromatic N) is 2. The third-order valence-corrected chi connectivity index (χ3v) is 5.79. The maximum Gasteiger partial charge on any atom is 0.343 e. The number of halogens is 1. The Morgan fingerprint density at radius 2 is 2.18 bits per heavy atom. The molecule has 1 atom stereocenters. The highest BCUT2D eigenvalue weighted by atomic mass is 32.1. The van der Waals surface area contributed by atoms with Crippen molar-refractivity contribution in [1.82, 2.24) is 9.88 Å². The third-order valence-electron chi connectivity index (χ3n) is 4.77. The molecule has 0 aliphatic carbocycles. The van der Waals surface area contributed by atoms with E-state index in [1.807, 2.05) is 11.4 Å². The van der Waals surface area contributed by atoms with E-state index in [0.29, 0.717) is 18.6 Å². The number of aromatic hydroxyl groups is 1. The van der Waals surface area contributed by atoms with Crippen LogP contribution in [-0.2, 0) is 22.5 Å². The smallest absolute Gasteiger partial charge is 0.343 e. The molecule has 0 unspecified atom stereocenters. The highest BCUT2D eigenvalue weighted by Gasteiger charge is 2.29. The zero-order chi connectivity index (χ0) is 19.8. The van der Waals surface area contributed by atoms with Gasteiger partial charge in [-0.15, -0.1) is 11.3 Å². The van der Waals surface area contributed by atoms with Crippen LogP contribution < -0.4 is 0 Å². The largest absolute Gasteiger partial charge is 0.505 e. The quantitative estimate of drug-likeness (QED) is 0.683. The van der Waals surface area contributed by atoms with Gasteiger partial charge in [0.05, 0.1) is 11.7 Å². The zero-order valence-corrected chi connectivity index (χ0v) is 15.8. The van der Waals surface area contributed by atoms with Crippen molar-refractivity contribution in [3.63, 3.8) is 0 Å². The summed E-state index contributed by atoms with van der Waals surface area (Å²) in [5, 5.41) is 12.2. The van der Waals surface area contributed by atoms with E-state index in [1.165, 1.54) is 23.9 Å². The van der Waals surface area contributed by atoms with Crippen LogP contribution in [-0.4, -0.2) is 39.5 Å². The fourth-order valence-electron chi connectivity index (χ4n) is 3.33. The first kappa shape index (κ1) is 18.4. The number of benzene rings is 1. The summed E-state index contributed by atoms with van der Waals surface area (Å²) in [7, 11) is 0. The standard InChI is InChI=1S/C20H17FN2O4S/c1-11(19(25)23-6-4-17-12(10-23)5-7-28-17)27-20(26)18-14-8-13(21)2-3-15(14)22-9-16(18)24/h2-3,5,7-9,11,24H,4,6,10H2,1H3/t11-/m0/s1. The first-order valence-corrected chi connectivity index (χ1v) is 9.64. The minimum absolute atomic E-state index is 0.130. The number of carbonyl (C=O) groups is 2. The van der Waals surface area contributed by atoms with Crippen LogP contribution in [0.3, 0.4) is 0 Å². The molecule has 3 heterocycles. The number of pyridine rings is 1. The van der Waals surface area contributed by atoms with E-state index < -0.39 is 23.6 Å². The number of rotatable bonds is 3. The third kappa shape index (κ3) is 3.31. The number of fused-ring (bicyclic) bond motifs is 2. The van der Waals surface area contributed by atoms with E-state index in [1.54, 1.807) is 16.2 Å². The van der Waals surface area contributed by atoms with Gasteiger partial charge in [0.2, 0.25) is 0 Å². The number of hydrogen-bond donors (Lipinski definition) is 1. The molecule has 4 rings (SSSR count). The SMILES string of the molecule is C[C@H](OC(=O)c1c(O)cnc2ccc(F)cc12)C(=O)N1CCc2sccc2C1. The minimum Gasteiger partial charge on any atom is -0.505 e. The number of aromatic nitrogens is 1. The summed E-state index contributed by atoms with van der Waals surface area (Å²) in [6.07, 6.45) is 0.837. The van der Waals surface area contributed by atoms with Crippen LogP contribution in [0, 0.1) is 5.82 Å². The Bertz CT molecular complexity index is 1080. The average Bonchev–Trinajstić information content (AvgIpc) is 3.14. The molecule has 1 aliphatic rings. The number of amides is 1. The van der Waals surface area contributed by atoms with E-state index >= 15 is 0 Å². The van der Waals surface area contributed by atoms with Gasteiger partial charge >= 0.3 is 5.97 Å². The predicted octanol–water partition coefficient (Wildman–Crippen LogP) is 3.27. The van der Waals surface area contributed by atoms with Crippen molar-refractivity contribution in [3.8, 4) is 5.75 Å². The summed E-state index contributed by atoms with van der Waals surface area (Å²) in [5.41, 5.74) is 1.24. The van der Waals surface area contributed by atoms with Crippen LogP contribution in [0.1, 0.15) is 27.7 Å². The minimum atomic E-state index is -1.04. The molecule has 0 bridgehead atoms. The molecule has 28 heavy (non-hydrogen) atoms. The van der Waals surface area contributed by atoms with E-state index in [9.17, 15) is 19.1 Å². The van der Waals surface area contributed by atoms with Gasteiger partial charge < -0.3 is 14.7 Å². The molecule has 0 saturated carbocycles. The predicted molar refractivity (Wildman–Crippen MR) is 102 cm³/mol. The Balaban J connectivity index is 1.54. The Hall–Kier alpha value is -3.00. The lowest BCUT2D eigenvalue weighted by Crippen LogP contribution is -2.42. The van der Waals surface area contributed by atoms with Crippen molar-refractivity contribution >= 4 is 34.1 Å². The maximum absolute atomic E-state index is 13.6. The van der Waals surface area contributed by atoms with E-state index in [0.717, 1.165) is 24.2 Å². The van der Waals surface area contributed by atoms with Gasteiger partial charge in [0, 0.05) is 23.4 Å². The lowest BCUT2D eigenvalue weighted by molar-refractivity contribution is -0.140. The molecule has 0 spiro atoms. The molecule has 0 fully saturated rings. The molecule has 2 aromatic heterocycles. The van der Waals surface area contributed by atoms with Crippen LogP contribution in [0.25, 0.3) is 10.9 Å². The summed E-state index contributed by atoms with van der Waals surface area (Å²) in [4.78, 5) is 32.2. The molecule has 6 nitrogen and oxygen atoms in total. The fraction of sp³-hybridized carbons (Fsp3) is 0.250.